The molecule has 0 aromatic heterocycles. The largest absolute Gasteiger partial charge is 0.393 e. The maximum atomic E-state index is 9.49. The van der Waals surface area contributed by atoms with Crippen LogP contribution in [-0.4, -0.2) is 35.2 Å². The van der Waals surface area contributed by atoms with E-state index < -0.39 is 0 Å². The highest BCUT2D eigenvalue weighted by molar-refractivity contribution is 4.84. The summed E-state index contributed by atoms with van der Waals surface area (Å²) in [5, 5.41) is 9.49. The second-order valence-corrected chi connectivity index (χ2v) is 5.40. The van der Waals surface area contributed by atoms with Gasteiger partial charge in [-0.2, -0.15) is 0 Å². The van der Waals surface area contributed by atoms with Crippen LogP contribution in [0.3, 0.4) is 0 Å². The van der Waals surface area contributed by atoms with Gasteiger partial charge in [0.2, 0.25) is 0 Å². The topological polar surface area (TPSA) is 23.5 Å². The number of aliphatic hydroxyl groups is 1. The Morgan fingerprint density at radius 2 is 1.87 bits per heavy atom. The van der Waals surface area contributed by atoms with Gasteiger partial charge in [0, 0.05) is 12.6 Å². The number of likely N-dealkylation sites (tertiary alicyclic amines) is 1. The minimum atomic E-state index is -0.00436. The van der Waals surface area contributed by atoms with E-state index in [0.29, 0.717) is 0 Å². The SMILES string of the molecule is CCCC1CCN(C2CCC(O)CC2)C1. The molecule has 88 valence electrons. The molecule has 2 heteroatoms. The van der Waals surface area contributed by atoms with E-state index in [-0.39, 0.29) is 6.10 Å². The monoisotopic (exact) mass is 211 g/mol. The van der Waals surface area contributed by atoms with E-state index in [4.69, 9.17) is 0 Å². The highest BCUT2D eigenvalue weighted by Crippen LogP contribution is 2.29. The van der Waals surface area contributed by atoms with Crippen LogP contribution in [0.2, 0.25) is 0 Å². The lowest BCUT2D eigenvalue weighted by atomic mass is 9.92. The molecule has 1 saturated heterocycles. The quantitative estimate of drug-likeness (QED) is 0.775. The van der Waals surface area contributed by atoms with Gasteiger partial charge in [-0.1, -0.05) is 13.3 Å². The molecule has 15 heavy (non-hydrogen) atoms. The summed E-state index contributed by atoms with van der Waals surface area (Å²) in [6.45, 7) is 4.93. The number of hydrogen-bond donors (Lipinski definition) is 1. The van der Waals surface area contributed by atoms with Crippen molar-refractivity contribution in [3.8, 4) is 0 Å². The van der Waals surface area contributed by atoms with Crippen LogP contribution in [0.25, 0.3) is 0 Å². The average Bonchev–Trinajstić information content (AvgIpc) is 2.68. The van der Waals surface area contributed by atoms with Crippen LogP contribution < -0.4 is 0 Å². The van der Waals surface area contributed by atoms with E-state index in [1.807, 2.05) is 0 Å². The summed E-state index contributed by atoms with van der Waals surface area (Å²) in [5.41, 5.74) is 0. The molecule has 2 aliphatic rings. The van der Waals surface area contributed by atoms with Crippen molar-refractivity contribution in [1.29, 1.82) is 0 Å². The zero-order valence-corrected chi connectivity index (χ0v) is 9.99. The fraction of sp³-hybridized carbons (Fsp3) is 1.00. The fourth-order valence-electron chi connectivity index (χ4n) is 3.26. The molecule has 1 atom stereocenters. The summed E-state index contributed by atoms with van der Waals surface area (Å²) < 4.78 is 0. The van der Waals surface area contributed by atoms with Crippen LogP contribution in [0.1, 0.15) is 51.9 Å². The van der Waals surface area contributed by atoms with Gasteiger partial charge in [-0.25, -0.2) is 0 Å². The Bertz CT molecular complexity index is 187. The zero-order chi connectivity index (χ0) is 10.7. The fourth-order valence-corrected chi connectivity index (χ4v) is 3.26. The Morgan fingerprint density at radius 1 is 1.13 bits per heavy atom. The van der Waals surface area contributed by atoms with E-state index in [9.17, 15) is 5.11 Å². The molecule has 0 bridgehead atoms. The highest BCUT2D eigenvalue weighted by Gasteiger charge is 2.30. The molecule has 0 aromatic rings. The summed E-state index contributed by atoms with van der Waals surface area (Å²) in [6.07, 6.45) is 8.65. The van der Waals surface area contributed by atoms with Crippen molar-refractivity contribution >= 4 is 0 Å². The van der Waals surface area contributed by atoms with Crippen LogP contribution in [0.15, 0.2) is 0 Å². The second kappa shape index (κ2) is 5.31. The van der Waals surface area contributed by atoms with E-state index in [2.05, 4.69) is 11.8 Å². The number of rotatable bonds is 3. The summed E-state index contributed by atoms with van der Waals surface area (Å²) in [5.74, 6) is 0.960. The first kappa shape index (κ1) is 11.4. The minimum Gasteiger partial charge on any atom is -0.393 e. The first-order chi connectivity index (χ1) is 7.29. The first-order valence-electron chi connectivity index (χ1n) is 6.71. The molecular weight excluding hydrogens is 186 g/mol. The minimum absolute atomic E-state index is 0.00436. The third-order valence-electron chi connectivity index (χ3n) is 4.20. The van der Waals surface area contributed by atoms with Crippen LogP contribution in [0.5, 0.6) is 0 Å². The Morgan fingerprint density at radius 3 is 2.53 bits per heavy atom. The second-order valence-electron chi connectivity index (χ2n) is 5.40. The van der Waals surface area contributed by atoms with Crippen molar-refractivity contribution in [2.75, 3.05) is 13.1 Å². The van der Waals surface area contributed by atoms with Crippen LogP contribution in [-0.2, 0) is 0 Å². The van der Waals surface area contributed by atoms with Crippen molar-refractivity contribution in [3.63, 3.8) is 0 Å². The Kier molecular flexibility index (Phi) is 4.04. The van der Waals surface area contributed by atoms with Gasteiger partial charge < -0.3 is 10.0 Å². The van der Waals surface area contributed by atoms with Gasteiger partial charge in [-0.05, 0) is 51.0 Å². The third-order valence-corrected chi connectivity index (χ3v) is 4.20. The van der Waals surface area contributed by atoms with Gasteiger partial charge >= 0.3 is 0 Å². The normalized spacial score (nSPS) is 38.4. The Hall–Kier alpha value is -0.0800. The van der Waals surface area contributed by atoms with Gasteiger partial charge in [0.05, 0.1) is 6.10 Å². The molecule has 1 heterocycles. The lowest BCUT2D eigenvalue weighted by molar-refractivity contribution is 0.0820. The summed E-state index contributed by atoms with van der Waals surface area (Å²) in [7, 11) is 0. The molecular formula is C13H25NO. The number of hydrogen-bond acceptors (Lipinski definition) is 2. The van der Waals surface area contributed by atoms with Gasteiger partial charge in [0.1, 0.15) is 0 Å². The van der Waals surface area contributed by atoms with Crippen molar-refractivity contribution in [2.45, 2.75) is 64.0 Å². The van der Waals surface area contributed by atoms with Crippen LogP contribution in [0, 0.1) is 5.92 Å². The highest BCUT2D eigenvalue weighted by atomic mass is 16.3. The molecule has 0 amide bonds. The molecule has 0 radical (unpaired) electrons. The standard InChI is InChI=1S/C13H25NO/c1-2-3-11-8-9-14(10-11)12-4-6-13(15)7-5-12/h11-13,15H,2-10H2,1H3. The van der Waals surface area contributed by atoms with Gasteiger partial charge in [-0.15, -0.1) is 0 Å². The smallest absolute Gasteiger partial charge is 0.0541 e. The molecule has 2 fully saturated rings. The van der Waals surface area contributed by atoms with Crippen LogP contribution in [0.4, 0.5) is 0 Å². The predicted octanol–water partition coefficient (Wildman–Crippen LogP) is 2.41. The molecule has 0 spiro atoms. The van der Waals surface area contributed by atoms with Crippen molar-refractivity contribution in [1.82, 2.24) is 4.90 Å². The van der Waals surface area contributed by atoms with Crippen molar-refractivity contribution in [3.05, 3.63) is 0 Å². The maximum absolute atomic E-state index is 9.49. The molecule has 2 nitrogen and oxygen atoms in total. The lowest BCUT2D eigenvalue weighted by Gasteiger charge is -2.33. The molecule has 1 unspecified atom stereocenters. The van der Waals surface area contributed by atoms with E-state index >= 15 is 0 Å². The molecule has 1 aliphatic carbocycles. The first-order valence-corrected chi connectivity index (χ1v) is 6.71. The third kappa shape index (κ3) is 2.94. The maximum Gasteiger partial charge on any atom is 0.0541 e. The lowest BCUT2D eigenvalue weighted by Crippen LogP contribution is -2.37. The molecule has 1 aliphatic heterocycles. The van der Waals surface area contributed by atoms with E-state index in [0.717, 1.165) is 24.8 Å². The van der Waals surface area contributed by atoms with Crippen molar-refractivity contribution < 1.29 is 5.11 Å². The molecule has 1 saturated carbocycles. The predicted molar refractivity (Wildman–Crippen MR) is 62.9 cm³/mol. The summed E-state index contributed by atoms with van der Waals surface area (Å²) in [6, 6.07) is 0.787. The van der Waals surface area contributed by atoms with Crippen LogP contribution >= 0.6 is 0 Å². The van der Waals surface area contributed by atoms with Crippen molar-refractivity contribution in [2.24, 2.45) is 5.92 Å². The van der Waals surface area contributed by atoms with E-state index in [1.165, 1.54) is 45.2 Å². The zero-order valence-electron chi connectivity index (χ0n) is 9.99. The molecule has 1 N–H and O–H groups in total. The number of nitrogens with zero attached hydrogens (tertiary/aromatic N) is 1. The van der Waals surface area contributed by atoms with Gasteiger partial charge in [0.25, 0.3) is 0 Å². The summed E-state index contributed by atoms with van der Waals surface area (Å²) >= 11 is 0. The average molecular weight is 211 g/mol. The number of aliphatic hydroxyl groups excluding tert-OH is 1. The Labute approximate surface area is 93.7 Å². The van der Waals surface area contributed by atoms with Gasteiger partial charge in [-0.3, -0.25) is 0 Å². The van der Waals surface area contributed by atoms with Gasteiger partial charge in [0.15, 0.2) is 0 Å². The Balaban J connectivity index is 1.75. The summed E-state index contributed by atoms with van der Waals surface area (Å²) in [4.78, 5) is 2.69. The molecule has 2 rings (SSSR count). The molecule has 0 aromatic carbocycles. The van der Waals surface area contributed by atoms with E-state index in [1.54, 1.807) is 0 Å².